The highest BCUT2D eigenvalue weighted by molar-refractivity contribution is 7.09. The van der Waals surface area contributed by atoms with Gasteiger partial charge in [-0.2, -0.15) is 0 Å². The van der Waals surface area contributed by atoms with Gasteiger partial charge in [0.1, 0.15) is 0 Å². The summed E-state index contributed by atoms with van der Waals surface area (Å²) >= 11 is 1.74. The minimum Gasteiger partial charge on any atom is -0.381 e. The van der Waals surface area contributed by atoms with Crippen LogP contribution in [0.5, 0.6) is 0 Å². The largest absolute Gasteiger partial charge is 0.381 e. The van der Waals surface area contributed by atoms with Crippen LogP contribution in [0.2, 0.25) is 0 Å². The van der Waals surface area contributed by atoms with E-state index >= 15 is 0 Å². The number of ether oxygens (including phenoxy) is 1. The van der Waals surface area contributed by atoms with Gasteiger partial charge in [-0.25, -0.2) is 4.98 Å². The van der Waals surface area contributed by atoms with Crippen LogP contribution in [0.15, 0.2) is 10.4 Å². The molecule has 7 heteroatoms. The van der Waals surface area contributed by atoms with Crippen molar-refractivity contribution < 1.29 is 4.74 Å². The van der Waals surface area contributed by atoms with Gasteiger partial charge in [-0.1, -0.05) is 13.3 Å². The van der Waals surface area contributed by atoms with Gasteiger partial charge in [-0.15, -0.1) is 11.3 Å². The lowest BCUT2D eigenvalue weighted by Gasteiger charge is -2.31. The van der Waals surface area contributed by atoms with E-state index in [1.165, 1.54) is 25.0 Å². The molecular weight excluding hydrogens is 358 g/mol. The Hall–Kier alpha value is -1.18. The number of aromatic nitrogens is 1. The first-order valence-corrected chi connectivity index (χ1v) is 11.2. The molecular formula is C20H37N5OS. The molecule has 0 saturated carbocycles. The third-order valence-electron chi connectivity index (χ3n) is 4.94. The normalized spacial score (nSPS) is 16.6. The van der Waals surface area contributed by atoms with Crippen molar-refractivity contribution in [3.8, 4) is 0 Å². The van der Waals surface area contributed by atoms with Gasteiger partial charge < -0.3 is 15.4 Å². The number of thiazole rings is 1. The smallest absolute Gasteiger partial charge is 0.190 e. The molecule has 1 aromatic heterocycles. The molecule has 1 fully saturated rings. The Labute approximate surface area is 168 Å². The summed E-state index contributed by atoms with van der Waals surface area (Å²) in [5.74, 6) is 1.62. The van der Waals surface area contributed by atoms with Crippen LogP contribution in [0.1, 0.15) is 49.7 Å². The predicted octanol–water partition coefficient (Wildman–Crippen LogP) is 3.04. The number of aliphatic imine (C=N–C) groups is 1. The molecule has 2 heterocycles. The fourth-order valence-electron chi connectivity index (χ4n) is 3.25. The van der Waals surface area contributed by atoms with Crippen molar-refractivity contribution in [2.24, 2.45) is 10.9 Å². The van der Waals surface area contributed by atoms with Crippen molar-refractivity contribution >= 4 is 17.3 Å². The molecule has 0 radical (unpaired) electrons. The van der Waals surface area contributed by atoms with Crippen LogP contribution in [0.3, 0.4) is 0 Å². The van der Waals surface area contributed by atoms with Gasteiger partial charge in [0.05, 0.1) is 10.7 Å². The Morgan fingerprint density at radius 3 is 2.74 bits per heavy atom. The molecule has 0 unspecified atom stereocenters. The highest BCUT2D eigenvalue weighted by Gasteiger charge is 2.20. The molecule has 0 spiro atoms. The molecule has 2 rings (SSSR count). The summed E-state index contributed by atoms with van der Waals surface area (Å²) in [4.78, 5) is 11.4. The topological polar surface area (TPSA) is 61.8 Å². The molecule has 0 amide bonds. The molecule has 6 nitrogen and oxygen atoms in total. The van der Waals surface area contributed by atoms with E-state index in [1.807, 2.05) is 7.05 Å². The van der Waals surface area contributed by atoms with Crippen LogP contribution in [0, 0.1) is 12.8 Å². The first kappa shape index (κ1) is 22.1. The highest BCUT2D eigenvalue weighted by atomic mass is 32.1. The molecule has 0 aliphatic carbocycles. The summed E-state index contributed by atoms with van der Waals surface area (Å²) in [6, 6.07) is 0. The van der Waals surface area contributed by atoms with E-state index in [0.29, 0.717) is 5.92 Å². The summed E-state index contributed by atoms with van der Waals surface area (Å²) in [6.45, 7) is 11.2. The summed E-state index contributed by atoms with van der Waals surface area (Å²) in [6.07, 6.45) is 5.83. The molecule has 1 aliphatic rings. The Morgan fingerprint density at radius 2 is 2.07 bits per heavy atom. The lowest BCUT2D eigenvalue weighted by molar-refractivity contribution is 0.129. The van der Waals surface area contributed by atoms with Gasteiger partial charge in [0, 0.05) is 45.3 Å². The molecule has 1 aromatic rings. The van der Waals surface area contributed by atoms with Crippen molar-refractivity contribution in [3.63, 3.8) is 0 Å². The zero-order chi connectivity index (χ0) is 19.3. The zero-order valence-electron chi connectivity index (χ0n) is 17.3. The Bertz CT molecular complexity index is 540. The quantitative estimate of drug-likeness (QED) is 0.343. The number of rotatable bonds is 11. The summed E-state index contributed by atoms with van der Waals surface area (Å²) in [5.41, 5.74) is 1.22. The first-order valence-electron chi connectivity index (χ1n) is 10.4. The summed E-state index contributed by atoms with van der Waals surface area (Å²) < 4.78 is 5.59. The maximum Gasteiger partial charge on any atom is 0.190 e. The second-order valence-electron chi connectivity index (χ2n) is 7.28. The van der Waals surface area contributed by atoms with E-state index in [0.717, 1.165) is 69.7 Å². The third kappa shape index (κ3) is 9.04. The molecule has 0 bridgehead atoms. The van der Waals surface area contributed by atoms with Crippen molar-refractivity contribution in [1.29, 1.82) is 0 Å². The van der Waals surface area contributed by atoms with Gasteiger partial charge >= 0.3 is 0 Å². The third-order valence-corrected chi connectivity index (χ3v) is 5.76. The van der Waals surface area contributed by atoms with Crippen LogP contribution in [0.25, 0.3) is 0 Å². The average molecular weight is 396 g/mol. The molecule has 0 aromatic carbocycles. The lowest BCUT2D eigenvalue weighted by atomic mass is 9.97. The van der Waals surface area contributed by atoms with Gasteiger partial charge in [-0.3, -0.25) is 9.89 Å². The lowest BCUT2D eigenvalue weighted by Crippen LogP contribution is -2.43. The van der Waals surface area contributed by atoms with E-state index in [4.69, 9.17) is 4.74 Å². The van der Waals surface area contributed by atoms with E-state index in [2.05, 4.69) is 44.7 Å². The Balaban J connectivity index is 1.54. The minimum absolute atomic E-state index is 0.717. The molecule has 2 N–H and O–H groups in total. The number of nitrogens with zero attached hydrogens (tertiary/aromatic N) is 3. The standard InChI is InChI=1S/C20H37N5OS/c1-4-5-12-26-13-6-9-22-20(21-3)23-14-18-7-10-25(11-8-18)15-19-16-27-17(2)24-19/h16,18H,4-15H2,1-3H3,(H2,21,22,23). The second-order valence-corrected chi connectivity index (χ2v) is 8.34. The van der Waals surface area contributed by atoms with Gasteiger partial charge in [0.15, 0.2) is 5.96 Å². The number of hydrogen-bond donors (Lipinski definition) is 2. The van der Waals surface area contributed by atoms with Crippen LogP contribution >= 0.6 is 11.3 Å². The van der Waals surface area contributed by atoms with E-state index in [9.17, 15) is 0 Å². The van der Waals surface area contributed by atoms with E-state index in [-0.39, 0.29) is 0 Å². The average Bonchev–Trinajstić information content (AvgIpc) is 3.09. The monoisotopic (exact) mass is 395 g/mol. The van der Waals surface area contributed by atoms with Gasteiger partial charge in [-0.05, 0) is 51.6 Å². The van der Waals surface area contributed by atoms with E-state index in [1.54, 1.807) is 11.3 Å². The fourth-order valence-corrected chi connectivity index (χ4v) is 3.85. The van der Waals surface area contributed by atoms with Crippen LogP contribution in [-0.4, -0.2) is 62.3 Å². The van der Waals surface area contributed by atoms with Crippen LogP contribution in [-0.2, 0) is 11.3 Å². The number of aryl methyl sites for hydroxylation is 1. The Kier molecular flexibility index (Phi) is 10.7. The zero-order valence-corrected chi connectivity index (χ0v) is 18.1. The van der Waals surface area contributed by atoms with E-state index < -0.39 is 0 Å². The number of unbranched alkanes of at least 4 members (excludes halogenated alkanes) is 1. The van der Waals surface area contributed by atoms with Gasteiger partial charge in [0.25, 0.3) is 0 Å². The van der Waals surface area contributed by atoms with Crippen LogP contribution < -0.4 is 10.6 Å². The fraction of sp³-hybridized carbons (Fsp3) is 0.800. The maximum absolute atomic E-state index is 5.59. The number of likely N-dealkylation sites (tertiary alicyclic amines) is 1. The SMILES string of the molecule is CCCCOCCCNC(=NC)NCC1CCN(Cc2csc(C)n2)CC1. The molecule has 1 aliphatic heterocycles. The molecule has 0 atom stereocenters. The van der Waals surface area contributed by atoms with Crippen molar-refractivity contribution in [1.82, 2.24) is 20.5 Å². The van der Waals surface area contributed by atoms with Crippen LogP contribution in [0.4, 0.5) is 0 Å². The summed E-state index contributed by atoms with van der Waals surface area (Å²) in [5, 5.41) is 10.2. The maximum atomic E-state index is 5.59. The predicted molar refractivity (Wildman–Crippen MR) is 115 cm³/mol. The van der Waals surface area contributed by atoms with Gasteiger partial charge in [0.2, 0.25) is 0 Å². The van der Waals surface area contributed by atoms with Crippen molar-refractivity contribution in [2.75, 3.05) is 46.4 Å². The molecule has 154 valence electrons. The first-order chi connectivity index (χ1) is 13.2. The minimum atomic E-state index is 0.717. The summed E-state index contributed by atoms with van der Waals surface area (Å²) in [7, 11) is 1.84. The number of piperidine rings is 1. The highest BCUT2D eigenvalue weighted by Crippen LogP contribution is 2.19. The number of nitrogens with one attached hydrogen (secondary N) is 2. The molecule has 1 saturated heterocycles. The Morgan fingerprint density at radius 1 is 1.30 bits per heavy atom. The molecule has 27 heavy (non-hydrogen) atoms. The number of hydrogen-bond acceptors (Lipinski definition) is 5. The van der Waals surface area contributed by atoms with Crippen molar-refractivity contribution in [2.45, 2.75) is 52.5 Å². The number of guanidine groups is 1. The second kappa shape index (κ2) is 13.1. The van der Waals surface area contributed by atoms with Crippen molar-refractivity contribution in [3.05, 3.63) is 16.1 Å².